The first-order valence-electron chi connectivity index (χ1n) is 7.01. The molecule has 1 aromatic heterocycles. The zero-order valence-electron chi connectivity index (χ0n) is 12.3. The molecule has 7 nitrogen and oxygen atoms in total. The average Bonchev–Trinajstić information content (AvgIpc) is 2.62. The second-order valence-corrected chi connectivity index (χ2v) is 5.02. The van der Waals surface area contributed by atoms with Gasteiger partial charge in [0.25, 0.3) is 11.4 Å². The first kappa shape index (κ1) is 15.3. The summed E-state index contributed by atoms with van der Waals surface area (Å²) in [5.74, 6) is 0. The van der Waals surface area contributed by atoms with Crippen LogP contribution in [0.2, 0.25) is 0 Å². The Hall–Kier alpha value is -3.61. The fourth-order valence-electron chi connectivity index (χ4n) is 2.26. The molecule has 0 spiro atoms. The maximum absolute atomic E-state index is 10.7. The van der Waals surface area contributed by atoms with Crippen LogP contribution in [0.25, 0.3) is 22.5 Å². The van der Waals surface area contributed by atoms with Gasteiger partial charge in [-0.2, -0.15) is 0 Å². The Morgan fingerprint density at radius 1 is 0.625 bits per heavy atom. The molecule has 7 heteroatoms. The van der Waals surface area contributed by atoms with E-state index in [1.54, 1.807) is 36.4 Å². The van der Waals surface area contributed by atoms with Crippen LogP contribution >= 0.6 is 0 Å². The molecule has 3 aromatic rings. The van der Waals surface area contributed by atoms with E-state index in [9.17, 15) is 20.2 Å². The summed E-state index contributed by atoms with van der Waals surface area (Å²) >= 11 is 0. The van der Waals surface area contributed by atoms with Crippen molar-refractivity contribution in [1.29, 1.82) is 0 Å². The summed E-state index contributed by atoms with van der Waals surface area (Å²) in [5, 5.41) is 21.4. The molecule has 0 saturated carbocycles. The van der Waals surface area contributed by atoms with Gasteiger partial charge in [0.15, 0.2) is 0 Å². The van der Waals surface area contributed by atoms with Crippen molar-refractivity contribution in [2.75, 3.05) is 0 Å². The number of nitrogens with zero attached hydrogens (tertiary/aromatic N) is 3. The molecule has 0 aliphatic rings. The van der Waals surface area contributed by atoms with E-state index in [-0.39, 0.29) is 11.4 Å². The molecule has 0 atom stereocenters. The van der Waals surface area contributed by atoms with E-state index in [0.717, 1.165) is 11.1 Å². The number of nitro benzene ring substituents is 2. The van der Waals surface area contributed by atoms with Crippen LogP contribution in [0.4, 0.5) is 11.4 Å². The smallest absolute Gasteiger partial charge is 0.258 e. The molecule has 0 N–H and O–H groups in total. The van der Waals surface area contributed by atoms with E-state index in [2.05, 4.69) is 4.98 Å². The minimum Gasteiger partial charge on any atom is -0.258 e. The van der Waals surface area contributed by atoms with E-state index in [0.29, 0.717) is 11.4 Å². The predicted molar refractivity (Wildman–Crippen MR) is 88.4 cm³/mol. The molecule has 0 aliphatic carbocycles. The first-order chi connectivity index (χ1) is 11.5. The van der Waals surface area contributed by atoms with Crippen LogP contribution < -0.4 is 0 Å². The summed E-state index contributed by atoms with van der Waals surface area (Å²) in [7, 11) is 0. The Morgan fingerprint density at radius 3 is 1.33 bits per heavy atom. The van der Waals surface area contributed by atoms with Crippen LogP contribution in [0.5, 0.6) is 0 Å². The van der Waals surface area contributed by atoms with E-state index >= 15 is 0 Å². The molecule has 0 fully saturated rings. The lowest BCUT2D eigenvalue weighted by Crippen LogP contribution is -1.91. The largest absolute Gasteiger partial charge is 0.269 e. The van der Waals surface area contributed by atoms with Crippen molar-refractivity contribution in [3.8, 4) is 22.5 Å². The molecule has 0 radical (unpaired) electrons. The van der Waals surface area contributed by atoms with Gasteiger partial charge in [0.2, 0.25) is 0 Å². The summed E-state index contributed by atoms with van der Waals surface area (Å²) in [4.78, 5) is 25.0. The molecule has 0 saturated heterocycles. The van der Waals surface area contributed by atoms with Crippen LogP contribution in [-0.2, 0) is 0 Å². The van der Waals surface area contributed by atoms with Crippen LogP contribution in [0.1, 0.15) is 0 Å². The van der Waals surface area contributed by atoms with Crippen molar-refractivity contribution >= 4 is 11.4 Å². The van der Waals surface area contributed by atoms with Crippen molar-refractivity contribution in [1.82, 2.24) is 4.98 Å². The Bertz CT molecular complexity index is 833. The summed E-state index contributed by atoms with van der Waals surface area (Å²) in [6.07, 6.45) is 0. The number of hydrogen-bond donors (Lipinski definition) is 0. The molecule has 118 valence electrons. The molecule has 24 heavy (non-hydrogen) atoms. The van der Waals surface area contributed by atoms with Gasteiger partial charge in [-0.15, -0.1) is 0 Å². The standard InChI is InChI=1S/C17H11N3O4/c21-19(22)14-8-4-12(5-9-14)16-2-1-3-17(18-16)13-6-10-15(11-7-13)20(23)24/h1-11H. The molecule has 0 aliphatic heterocycles. The monoisotopic (exact) mass is 321 g/mol. The molecule has 3 rings (SSSR count). The lowest BCUT2D eigenvalue weighted by molar-refractivity contribution is -0.385. The van der Waals surface area contributed by atoms with Gasteiger partial charge in [0.05, 0.1) is 21.2 Å². The van der Waals surface area contributed by atoms with Crippen LogP contribution in [0, 0.1) is 20.2 Å². The Balaban J connectivity index is 1.94. The van der Waals surface area contributed by atoms with E-state index < -0.39 is 9.85 Å². The number of hydrogen-bond acceptors (Lipinski definition) is 5. The van der Waals surface area contributed by atoms with Crippen LogP contribution in [0.3, 0.4) is 0 Å². The zero-order valence-corrected chi connectivity index (χ0v) is 12.3. The highest BCUT2D eigenvalue weighted by Crippen LogP contribution is 2.25. The van der Waals surface area contributed by atoms with Gasteiger partial charge in [0, 0.05) is 35.4 Å². The number of non-ortho nitro benzene ring substituents is 2. The van der Waals surface area contributed by atoms with Crippen molar-refractivity contribution < 1.29 is 9.85 Å². The van der Waals surface area contributed by atoms with Crippen molar-refractivity contribution in [3.05, 3.63) is 87.0 Å². The van der Waals surface area contributed by atoms with Crippen molar-refractivity contribution in [2.24, 2.45) is 0 Å². The Morgan fingerprint density at radius 2 is 1.00 bits per heavy atom. The molecule has 1 heterocycles. The van der Waals surface area contributed by atoms with Gasteiger partial charge in [-0.05, 0) is 36.4 Å². The van der Waals surface area contributed by atoms with Crippen LogP contribution in [-0.4, -0.2) is 14.8 Å². The molecular formula is C17H11N3O4. The topological polar surface area (TPSA) is 99.2 Å². The summed E-state index contributed by atoms with van der Waals surface area (Å²) in [6.45, 7) is 0. The van der Waals surface area contributed by atoms with E-state index in [1.807, 2.05) is 6.07 Å². The third kappa shape index (κ3) is 3.09. The average molecular weight is 321 g/mol. The predicted octanol–water partition coefficient (Wildman–Crippen LogP) is 4.23. The fourth-order valence-corrected chi connectivity index (χ4v) is 2.26. The molecule has 2 aromatic carbocycles. The number of pyridine rings is 1. The third-order valence-corrected chi connectivity index (χ3v) is 3.50. The summed E-state index contributed by atoms with van der Waals surface area (Å²) in [5.41, 5.74) is 2.88. The van der Waals surface area contributed by atoms with Crippen molar-refractivity contribution in [2.45, 2.75) is 0 Å². The number of benzene rings is 2. The van der Waals surface area contributed by atoms with Crippen LogP contribution in [0.15, 0.2) is 66.7 Å². The maximum Gasteiger partial charge on any atom is 0.269 e. The van der Waals surface area contributed by atoms with E-state index in [4.69, 9.17) is 0 Å². The number of aromatic nitrogens is 1. The van der Waals surface area contributed by atoms with Gasteiger partial charge in [-0.1, -0.05) is 6.07 Å². The second-order valence-electron chi connectivity index (χ2n) is 5.02. The first-order valence-corrected chi connectivity index (χ1v) is 7.01. The number of rotatable bonds is 4. The molecular weight excluding hydrogens is 310 g/mol. The summed E-state index contributed by atoms with van der Waals surface area (Å²) in [6, 6.07) is 17.7. The summed E-state index contributed by atoms with van der Waals surface area (Å²) < 4.78 is 0. The van der Waals surface area contributed by atoms with Gasteiger partial charge >= 0.3 is 0 Å². The van der Waals surface area contributed by atoms with E-state index in [1.165, 1.54) is 24.3 Å². The normalized spacial score (nSPS) is 10.3. The van der Waals surface area contributed by atoms with Crippen molar-refractivity contribution in [3.63, 3.8) is 0 Å². The molecule has 0 unspecified atom stereocenters. The maximum atomic E-state index is 10.7. The number of nitro groups is 2. The second kappa shape index (κ2) is 6.25. The van der Waals surface area contributed by atoms with Gasteiger partial charge in [-0.25, -0.2) is 4.98 Å². The third-order valence-electron chi connectivity index (χ3n) is 3.50. The highest BCUT2D eigenvalue weighted by Gasteiger charge is 2.09. The van der Waals surface area contributed by atoms with Gasteiger partial charge in [0.1, 0.15) is 0 Å². The quantitative estimate of drug-likeness (QED) is 0.529. The minimum atomic E-state index is -0.454. The fraction of sp³-hybridized carbons (Fsp3) is 0. The zero-order chi connectivity index (χ0) is 17.1. The Labute approximate surface area is 136 Å². The highest BCUT2D eigenvalue weighted by molar-refractivity contribution is 5.67. The molecule has 0 bridgehead atoms. The molecule has 0 amide bonds. The highest BCUT2D eigenvalue weighted by atomic mass is 16.6. The minimum absolute atomic E-state index is 0.0188. The SMILES string of the molecule is O=[N+]([O-])c1ccc(-c2cccc(-c3ccc([N+](=O)[O-])cc3)n2)cc1. The lowest BCUT2D eigenvalue weighted by atomic mass is 10.1. The lowest BCUT2D eigenvalue weighted by Gasteiger charge is -2.05. The van der Waals surface area contributed by atoms with Gasteiger partial charge < -0.3 is 0 Å². The Kier molecular flexibility index (Phi) is 3.98. The van der Waals surface area contributed by atoms with Gasteiger partial charge in [-0.3, -0.25) is 20.2 Å².